The Morgan fingerprint density at radius 1 is 1.61 bits per heavy atom. The first-order chi connectivity index (χ1) is 8.61. The number of nitrogens with one attached hydrogen (secondary N) is 1. The van der Waals surface area contributed by atoms with Crippen LogP contribution >= 0.6 is 11.3 Å². The molecule has 0 spiro atoms. The molecule has 1 aromatic heterocycles. The van der Waals surface area contributed by atoms with Crippen molar-refractivity contribution in [1.29, 1.82) is 0 Å². The number of ether oxygens (including phenoxy) is 1. The Hall–Kier alpha value is -1.17. The summed E-state index contributed by atoms with van der Waals surface area (Å²) < 4.78 is 4.79. The van der Waals surface area contributed by atoms with Crippen molar-refractivity contribution in [3.8, 4) is 0 Å². The Morgan fingerprint density at radius 2 is 2.39 bits per heavy atom. The molecule has 1 aromatic rings. The average Bonchev–Trinajstić information content (AvgIpc) is 2.73. The summed E-state index contributed by atoms with van der Waals surface area (Å²) in [5.41, 5.74) is 0. The van der Waals surface area contributed by atoms with Crippen LogP contribution in [-0.4, -0.2) is 37.4 Å². The first kappa shape index (κ1) is 14.9. The largest absolute Gasteiger partial charge is 0.391 e. The second kappa shape index (κ2) is 8.02. The highest BCUT2D eigenvalue weighted by Crippen LogP contribution is 2.16. The maximum absolute atomic E-state index is 11.5. The number of aliphatic hydroxyl groups is 1. The van der Waals surface area contributed by atoms with Crippen molar-refractivity contribution in [2.75, 3.05) is 20.3 Å². The topological polar surface area (TPSA) is 58.6 Å². The number of methoxy groups -OCH3 is 1. The zero-order valence-electron chi connectivity index (χ0n) is 10.7. The third kappa shape index (κ3) is 5.95. The van der Waals surface area contributed by atoms with E-state index in [1.165, 1.54) is 18.1 Å². The summed E-state index contributed by atoms with van der Waals surface area (Å²) in [6.07, 6.45) is 3.26. The Kier molecular flexibility index (Phi) is 6.64. The van der Waals surface area contributed by atoms with Gasteiger partial charge in [0.25, 0.3) is 0 Å². The van der Waals surface area contributed by atoms with Crippen LogP contribution < -0.4 is 5.32 Å². The van der Waals surface area contributed by atoms with Crippen molar-refractivity contribution in [3.05, 3.63) is 28.0 Å². The van der Waals surface area contributed by atoms with E-state index in [0.29, 0.717) is 19.6 Å². The molecule has 1 atom stereocenters. The molecule has 4 nitrogen and oxygen atoms in total. The van der Waals surface area contributed by atoms with Crippen LogP contribution in [0.3, 0.4) is 0 Å². The van der Waals surface area contributed by atoms with Crippen LogP contribution in [0.25, 0.3) is 6.08 Å². The van der Waals surface area contributed by atoms with E-state index in [1.54, 1.807) is 17.4 Å². The SMILES string of the molecule is COCC(O)CCNC(=O)/C=C/c1ccc(C)s1. The van der Waals surface area contributed by atoms with Gasteiger partial charge in [-0.3, -0.25) is 4.79 Å². The number of thiophene rings is 1. The predicted octanol–water partition coefficient (Wildman–Crippen LogP) is 1.58. The molecule has 0 bridgehead atoms. The Bertz CT molecular complexity index is 401. The number of aryl methyl sites for hydroxylation is 1. The molecule has 1 amide bonds. The Morgan fingerprint density at radius 3 is 3.00 bits per heavy atom. The molecule has 0 aliphatic carbocycles. The van der Waals surface area contributed by atoms with Crippen molar-refractivity contribution in [1.82, 2.24) is 5.32 Å². The van der Waals surface area contributed by atoms with Gasteiger partial charge in [0.15, 0.2) is 0 Å². The zero-order chi connectivity index (χ0) is 13.4. The van der Waals surface area contributed by atoms with Crippen molar-refractivity contribution in [2.45, 2.75) is 19.4 Å². The molecule has 1 rings (SSSR count). The summed E-state index contributed by atoms with van der Waals surface area (Å²) in [4.78, 5) is 13.7. The molecule has 0 saturated heterocycles. The van der Waals surface area contributed by atoms with E-state index in [1.807, 2.05) is 19.1 Å². The number of hydrogen-bond donors (Lipinski definition) is 2. The fraction of sp³-hybridized carbons (Fsp3) is 0.462. The van der Waals surface area contributed by atoms with Gasteiger partial charge in [0.1, 0.15) is 0 Å². The molecule has 0 radical (unpaired) electrons. The fourth-order valence-corrected chi connectivity index (χ4v) is 2.18. The van der Waals surface area contributed by atoms with Crippen LogP contribution in [0.1, 0.15) is 16.2 Å². The van der Waals surface area contributed by atoms with E-state index in [2.05, 4.69) is 5.32 Å². The van der Waals surface area contributed by atoms with Crippen molar-refractivity contribution in [3.63, 3.8) is 0 Å². The molecular weight excluding hydrogens is 250 g/mol. The molecule has 5 heteroatoms. The lowest BCUT2D eigenvalue weighted by atomic mass is 10.2. The second-order valence-corrected chi connectivity index (χ2v) is 5.29. The number of carbonyl (C=O) groups is 1. The van der Waals surface area contributed by atoms with E-state index < -0.39 is 6.10 Å². The number of rotatable bonds is 7. The molecule has 2 N–H and O–H groups in total. The summed E-state index contributed by atoms with van der Waals surface area (Å²) in [6, 6.07) is 4.00. The van der Waals surface area contributed by atoms with E-state index in [9.17, 15) is 9.90 Å². The van der Waals surface area contributed by atoms with Crippen LogP contribution in [0.15, 0.2) is 18.2 Å². The quantitative estimate of drug-likeness (QED) is 0.739. The summed E-state index contributed by atoms with van der Waals surface area (Å²) in [5, 5.41) is 12.1. The van der Waals surface area contributed by atoms with Crippen LogP contribution in [0.4, 0.5) is 0 Å². The highest BCUT2D eigenvalue weighted by atomic mass is 32.1. The van der Waals surface area contributed by atoms with Gasteiger partial charge in [-0.25, -0.2) is 0 Å². The van der Waals surface area contributed by atoms with Gasteiger partial charge in [-0.1, -0.05) is 0 Å². The molecule has 100 valence electrons. The number of hydrogen-bond acceptors (Lipinski definition) is 4. The van der Waals surface area contributed by atoms with Gasteiger partial charge < -0.3 is 15.2 Å². The third-order valence-corrected chi connectivity index (χ3v) is 3.26. The Labute approximate surface area is 111 Å². The first-order valence-corrected chi connectivity index (χ1v) is 6.63. The van der Waals surface area contributed by atoms with Crippen LogP contribution in [-0.2, 0) is 9.53 Å². The van der Waals surface area contributed by atoms with Gasteiger partial charge in [-0.05, 0) is 31.6 Å². The van der Waals surface area contributed by atoms with Gasteiger partial charge >= 0.3 is 0 Å². The predicted molar refractivity (Wildman–Crippen MR) is 73.6 cm³/mol. The number of aliphatic hydroxyl groups excluding tert-OH is 1. The molecular formula is C13H19NO3S. The minimum Gasteiger partial charge on any atom is -0.391 e. The Balaban J connectivity index is 2.23. The number of amides is 1. The summed E-state index contributed by atoms with van der Waals surface area (Å²) in [6.45, 7) is 2.76. The van der Waals surface area contributed by atoms with E-state index in [0.717, 1.165) is 4.88 Å². The molecule has 1 unspecified atom stereocenters. The lowest BCUT2D eigenvalue weighted by Crippen LogP contribution is -2.27. The molecule has 0 aromatic carbocycles. The standard InChI is InChI=1S/C13H19NO3S/c1-10-3-4-12(18-10)5-6-13(16)14-8-7-11(15)9-17-2/h3-6,11,15H,7-9H2,1-2H3,(H,14,16)/b6-5+. The van der Waals surface area contributed by atoms with Crippen LogP contribution in [0, 0.1) is 6.92 Å². The minimum atomic E-state index is -0.528. The average molecular weight is 269 g/mol. The van der Waals surface area contributed by atoms with E-state index >= 15 is 0 Å². The smallest absolute Gasteiger partial charge is 0.244 e. The molecule has 18 heavy (non-hydrogen) atoms. The monoisotopic (exact) mass is 269 g/mol. The van der Waals surface area contributed by atoms with Gasteiger partial charge in [0.2, 0.25) is 5.91 Å². The number of carbonyl (C=O) groups excluding carboxylic acids is 1. The lowest BCUT2D eigenvalue weighted by molar-refractivity contribution is -0.116. The van der Waals surface area contributed by atoms with Gasteiger partial charge in [0.05, 0.1) is 12.7 Å². The molecule has 0 saturated carbocycles. The molecule has 1 heterocycles. The van der Waals surface area contributed by atoms with Crippen molar-refractivity contribution >= 4 is 23.3 Å². The maximum atomic E-state index is 11.5. The van der Waals surface area contributed by atoms with Crippen molar-refractivity contribution in [2.24, 2.45) is 0 Å². The summed E-state index contributed by atoms with van der Waals surface area (Å²) in [7, 11) is 1.54. The highest BCUT2D eigenvalue weighted by molar-refractivity contribution is 7.12. The summed E-state index contributed by atoms with van der Waals surface area (Å²) >= 11 is 1.64. The normalized spacial score (nSPS) is 12.8. The van der Waals surface area contributed by atoms with Crippen LogP contribution in [0.2, 0.25) is 0 Å². The highest BCUT2D eigenvalue weighted by Gasteiger charge is 2.03. The van der Waals surface area contributed by atoms with E-state index in [4.69, 9.17) is 4.74 Å². The molecule has 0 fully saturated rings. The first-order valence-electron chi connectivity index (χ1n) is 5.81. The summed E-state index contributed by atoms with van der Waals surface area (Å²) in [5.74, 6) is -0.148. The van der Waals surface area contributed by atoms with Gasteiger partial charge in [-0.15, -0.1) is 11.3 Å². The van der Waals surface area contributed by atoms with Crippen molar-refractivity contribution < 1.29 is 14.6 Å². The van der Waals surface area contributed by atoms with Gasteiger partial charge in [0, 0.05) is 29.5 Å². The maximum Gasteiger partial charge on any atom is 0.244 e. The minimum absolute atomic E-state index is 0.148. The zero-order valence-corrected chi connectivity index (χ0v) is 11.5. The van der Waals surface area contributed by atoms with Crippen LogP contribution in [0.5, 0.6) is 0 Å². The molecule has 0 aliphatic rings. The fourth-order valence-electron chi connectivity index (χ4n) is 1.40. The molecule has 0 aliphatic heterocycles. The van der Waals surface area contributed by atoms with Gasteiger partial charge in [-0.2, -0.15) is 0 Å². The van der Waals surface area contributed by atoms with E-state index in [-0.39, 0.29) is 5.91 Å². The lowest BCUT2D eigenvalue weighted by Gasteiger charge is -2.08. The second-order valence-electron chi connectivity index (χ2n) is 3.97. The third-order valence-electron chi connectivity index (χ3n) is 2.30.